The highest BCUT2D eigenvalue weighted by atomic mass is 16.4. The van der Waals surface area contributed by atoms with Gasteiger partial charge in [-0.15, -0.1) is 0 Å². The zero-order valence-corrected chi connectivity index (χ0v) is 14.0. The van der Waals surface area contributed by atoms with Crippen molar-refractivity contribution in [2.75, 3.05) is 16.3 Å². The first-order chi connectivity index (χ1) is 11.2. The van der Waals surface area contributed by atoms with E-state index in [2.05, 4.69) is 5.32 Å². The summed E-state index contributed by atoms with van der Waals surface area (Å²) in [6, 6.07) is 4.77. The molecule has 0 saturated carbocycles. The maximum Gasteiger partial charge on any atom is 0.412 e. The largest absolute Gasteiger partial charge is 0.465 e. The molecule has 0 bridgehead atoms. The van der Waals surface area contributed by atoms with Crippen molar-refractivity contribution in [1.82, 2.24) is 5.32 Å². The number of rotatable bonds is 1. The maximum absolute atomic E-state index is 12.0. The minimum absolute atomic E-state index is 0.156. The second-order valence-electron chi connectivity index (χ2n) is 7.31. The minimum Gasteiger partial charge on any atom is -0.465 e. The van der Waals surface area contributed by atoms with Gasteiger partial charge in [0.2, 0.25) is 5.91 Å². The van der Waals surface area contributed by atoms with Gasteiger partial charge in [-0.2, -0.15) is 0 Å². The third-order valence-corrected chi connectivity index (χ3v) is 4.62. The monoisotopic (exact) mass is 331 g/mol. The van der Waals surface area contributed by atoms with E-state index < -0.39 is 12.1 Å². The first kappa shape index (κ1) is 16.3. The molecule has 0 aromatic heterocycles. The van der Waals surface area contributed by atoms with Crippen LogP contribution in [0.25, 0.3) is 0 Å². The molecule has 1 fully saturated rings. The highest BCUT2D eigenvalue weighted by Crippen LogP contribution is 2.41. The number of amides is 4. The molecule has 24 heavy (non-hydrogen) atoms. The number of benzene rings is 1. The average Bonchev–Trinajstić information content (AvgIpc) is 2.86. The molecular formula is C17H21N3O4. The molecule has 1 atom stereocenters. The lowest BCUT2D eigenvalue weighted by molar-refractivity contribution is -0.120. The molecule has 1 unspecified atom stereocenters. The summed E-state index contributed by atoms with van der Waals surface area (Å²) < 4.78 is 0. The molecule has 2 aliphatic rings. The number of nitrogens with zero attached hydrogens (tertiary/aromatic N) is 2. The van der Waals surface area contributed by atoms with Crippen molar-refractivity contribution >= 4 is 29.4 Å². The van der Waals surface area contributed by atoms with Gasteiger partial charge >= 0.3 is 12.1 Å². The van der Waals surface area contributed by atoms with E-state index in [1.54, 1.807) is 12.1 Å². The van der Waals surface area contributed by atoms with Crippen LogP contribution in [0.2, 0.25) is 0 Å². The lowest BCUT2D eigenvalue weighted by Crippen LogP contribution is -2.49. The Hall–Kier alpha value is -2.57. The van der Waals surface area contributed by atoms with Gasteiger partial charge in [-0.3, -0.25) is 19.9 Å². The van der Waals surface area contributed by atoms with Crippen molar-refractivity contribution in [3.8, 4) is 0 Å². The Bertz CT molecular complexity index is 723. The second-order valence-corrected chi connectivity index (χ2v) is 7.31. The van der Waals surface area contributed by atoms with Crippen LogP contribution in [0.1, 0.15) is 32.8 Å². The molecular weight excluding hydrogens is 310 g/mol. The number of anilines is 2. The van der Waals surface area contributed by atoms with Crippen LogP contribution in [0, 0.1) is 5.41 Å². The summed E-state index contributed by atoms with van der Waals surface area (Å²) in [6.45, 7) is 6.34. The molecule has 4 amide bonds. The third-order valence-electron chi connectivity index (χ3n) is 4.62. The topological polar surface area (TPSA) is 90.0 Å². The van der Waals surface area contributed by atoms with Crippen LogP contribution < -0.4 is 15.1 Å². The van der Waals surface area contributed by atoms with Crippen molar-refractivity contribution in [2.24, 2.45) is 5.41 Å². The second kappa shape index (κ2) is 5.51. The molecule has 2 N–H and O–H groups in total. The lowest BCUT2D eigenvalue weighted by Gasteiger charge is -2.33. The highest BCUT2D eigenvalue weighted by Gasteiger charge is 2.41. The number of fused-ring (bicyclic) bond motifs is 1. The normalized spacial score (nSPS) is 20.9. The Morgan fingerprint density at radius 2 is 2.00 bits per heavy atom. The van der Waals surface area contributed by atoms with Crippen molar-refractivity contribution in [1.29, 1.82) is 0 Å². The number of carbonyl (C=O) groups excluding carboxylic acids is 2. The van der Waals surface area contributed by atoms with Gasteiger partial charge in [-0.05, 0) is 29.5 Å². The summed E-state index contributed by atoms with van der Waals surface area (Å²) in [4.78, 5) is 38.0. The Morgan fingerprint density at radius 3 is 2.58 bits per heavy atom. The molecule has 0 radical (unpaired) electrons. The summed E-state index contributed by atoms with van der Waals surface area (Å²) in [6.07, 6.45) is -0.115. The van der Waals surface area contributed by atoms with Crippen LogP contribution in [0.5, 0.6) is 0 Å². The maximum atomic E-state index is 12.0. The lowest BCUT2D eigenvalue weighted by atomic mass is 9.84. The number of carboxylic acid groups (broad SMARTS) is 1. The smallest absolute Gasteiger partial charge is 0.412 e. The fourth-order valence-electron chi connectivity index (χ4n) is 3.32. The molecule has 128 valence electrons. The number of imide groups is 1. The Morgan fingerprint density at radius 1 is 1.29 bits per heavy atom. The first-order valence-electron chi connectivity index (χ1n) is 7.95. The predicted molar refractivity (Wildman–Crippen MR) is 89.4 cm³/mol. The minimum atomic E-state index is -0.996. The van der Waals surface area contributed by atoms with Crippen molar-refractivity contribution < 1.29 is 19.5 Å². The quantitative estimate of drug-likeness (QED) is 0.827. The average molecular weight is 331 g/mol. The van der Waals surface area contributed by atoms with Gasteiger partial charge in [0.25, 0.3) is 0 Å². The van der Waals surface area contributed by atoms with Gasteiger partial charge < -0.3 is 5.11 Å². The molecule has 7 nitrogen and oxygen atoms in total. The summed E-state index contributed by atoms with van der Waals surface area (Å²) in [7, 11) is 0. The zero-order valence-electron chi connectivity index (χ0n) is 14.0. The van der Waals surface area contributed by atoms with Crippen LogP contribution in [-0.4, -0.2) is 35.7 Å². The van der Waals surface area contributed by atoms with Crippen LogP contribution in [0.3, 0.4) is 0 Å². The molecule has 1 saturated heterocycles. The number of hydrogen-bond acceptors (Lipinski definition) is 3. The van der Waals surface area contributed by atoms with E-state index in [0.717, 1.165) is 5.56 Å². The Labute approximate surface area is 140 Å². The summed E-state index contributed by atoms with van der Waals surface area (Å²) in [5.74, 6) is -0.294. The predicted octanol–water partition coefficient (Wildman–Crippen LogP) is 2.59. The zero-order chi connectivity index (χ0) is 17.6. The van der Waals surface area contributed by atoms with Gasteiger partial charge in [0.15, 0.2) is 0 Å². The Balaban J connectivity index is 1.97. The van der Waals surface area contributed by atoms with Crippen LogP contribution >= 0.6 is 0 Å². The fraction of sp³-hybridized carbons (Fsp3) is 0.471. The highest BCUT2D eigenvalue weighted by molar-refractivity contribution is 6.06. The van der Waals surface area contributed by atoms with E-state index in [1.165, 1.54) is 9.80 Å². The van der Waals surface area contributed by atoms with E-state index in [-0.39, 0.29) is 23.8 Å². The van der Waals surface area contributed by atoms with Crippen molar-refractivity contribution in [2.45, 2.75) is 39.7 Å². The first-order valence-corrected chi connectivity index (χ1v) is 7.95. The Kier molecular flexibility index (Phi) is 3.74. The standard InChI is InChI=1S/C17H21N3O4/c1-17(2,3)13-8-10-4-5-11(9-12(10)20(13)16(23)24)19-7-6-14(21)18-15(19)22/h4-5,9,13H,6-8H2,1-3H3,(H,23,24)(H,18,21,22). The summed E-state index contributed by atoms with van der Waals surface area (Å²) >= 11 is 0. The summed E-state index contributed by atoms with van der Waals surface area (Å²) in [5.41, 5.74) is 1.96. The van der Waals surface area contributed by atoms with Gasteiger partial charge in [-0.1, -0.05) is 26.8 Å². The van der Waals surface area contributed by atoms with Crippen molar-refractivity contribution in [3.05, 3.63) is 23.8 Å². The van der Waals surface area contributed by atoms with Crippen LogP contribution in [0.4, 0.5) is 21.0 Å². The molecule has 1 aromatic carbocycles. The van der Waals surface area contributed by atoms with E-state index >= 15 is 0 Å². The molecule has 0 spiro atoms. The van der Waals surface area contributed by atoms with E-state index in [4.69, 9.17) is 0 Å². The summed E-state index contributed by atoms with van der Waals surface area (Å²) in [5, 5.41) is 12.0. The molecule has 0 aliphatic carbocycles. The number of nitrogens with one attached hydrogen (secondary N) is 1. The fourth-order valence-corrected chi connectivity index (χ4v) is 3.32. The number of hydrogen-bond donors (Lipinski definition) is 2. The van der Waals surface area contributed by atoms with E-state index in [0.29, 0.717) is 24.3 Å². The van der Waals surface area contributed by atoms with Gasteiger partial charge in [0.05, 0.1) is 5.69 Å². The van der Waals surface area contributed by atoms with Gasteiger partial charge in [0, 0.05) is 24.7 Å². The SMILES string of the molecule is CC(C)(C)C1Cc2ccc(N3CCC(=O)NC3=O)cc2N1C(=O)O. The van der Waals surface area contributed by atoms with E-state index in [9.17, 15) is 19.5 Å². The number of urea groups is 1. The molecule has 7 heteroatoms. The third kappa shape index (κ3) is 2.70. The van der Waals surface area contributed by atoms with Crippen molar-refractivity contribution in [3.63, 3.8) is 0 Å². The van der Waals surface area contributed by atoms with E-state index in [1.807, 2.05) is 26.8 Å². The molecule has 1 aromatic rings. The van der Waals surface area contributed by atoms with Gasteiger partial charge in [-0.25, -0.2) is 9.59 Å². The molecule has 2 heterocycles. The number of carbonyl (C=O) groups is 3. The molecule has 2 aliphatic heterocycles. The van der Waals surface area contributed by atoms with Crippen LogP contribution in [0.15, 0.2) is 18.2 Å². The molecule has 3 rings (SSSR count). The van der Waals surface area contributed by atoms with Gasteiger partial charge in [0.1, 0.15) is 0 Å². The van der Waals surface area contributed by atoms with Crippen LogP contribution in [-0.2, 0) is 11.2 Å².